The largest absolute Gasteiger partial charge is 0.440 e. The van der Waals surface area contributed by atoms with Gasteiger partial charge in [0.2, 0.25) is 0 Å². The average molecular weight is 451 g/mol. The highest BCUT2D eigenvalue weighted by Gasteiger charge is 2.31. The number of amides is 1. The first-order valence-electron chi connectivity index (χ1n) is 10.6. The molecule has 0 bridgehead atoms. The van der Waals surface area contributed by atoms with Crippen molar-refractivity contribution in [2.45, 2.75) is 38.6 Å². The molecule has 1 fully saturated rings. The minimum absolute atomic E-state index is 0.00901. The van der Waals surface area contributed by atoms with Gasteiger partial charge >= 0.3 is 0 Å². The van der Waals surface area contributed by atoms with Crippen molar-refractivity contribution in [1.29, 1.82) is 0 Å². The number of aromatic nitrogens is 4. The third kappa shape index (κ3) is 3.87. The van der Waals surface area contributed by atoms with E-state index in [2.05, 4.69) is 20.6 Å². The van der Waals surface area contributed by atoms with Crippen LogP contribution in [0, 0.1) is 6.92 Å². The van der Waals surface area contributed by atoms with Crippen molar-refractivity contribution in [3.8, 4) is 5.69 Å². The fourth-order valence-electron chi connectivity index (χ4n) is 4.08. The van der Waals surface area contributed by atoms with E-state index >= 15 is 0 Å². The quantitative estimate of drug-likeness (QED) is 0.501. The molecule has 0 radical (unpaired) electrons. The number of fused-ring (bicyclic) bond motifs is 1. The Balaban J connectivity index is 1.41. The number of nitrogens with one attached hydrogen (secondary N) is 1. The lowest BCUT2D eigenvalue weighted by atomic mass is 10.0. The maximum absolute atomic E-state index is 13.6. The van der Waals surface area contributed by atoms with Crippen molar-refractivity contribution in [1.82, 2.24) is 30.4 Å². The smallest absolute Gasteiger partial charge is 0.270 e. The van der Waals surface area contributed by atoms with Gasteiger partial charge in [0.15, 0.2) is 11.5 Å². The van der Waals surface area contributed by atoms with Gasteiger partial charge in [-0.2, -0.15) is 15.0 Å². The van der Waals surface area contributed by atoms with Gasteiger partial charge in [-0.15, -0.1) is 0 Å². The second kappa shape index (κ2) is 8.37. The number of rotatable bonds is 3. The Hall–Kier alpha value is -3.23. The molecule has 2 atom stereocenters. The molecule has 2 aromatic carbocycles. The summed E-state index contributed by atoms with van der Waals surface area (Å²) in [5, 5.41) is 10.7. The molecule has 1 aliphatic rings. The first-order valence-corrected chi connectivity index (χ1v) is 11.0. The van der Waals surface area contributed by atoms with Gasteiger partial charge in [0.25, 0.3) is 5.91 Å². The molecule has 1 amide bonds. The molecule has 32 heavy (non-hydrogen) atoms. The molecule has 5 rings (SSSR count). The van der Waals surface area contributed by atoms with Crippen LogP contribution in [-0.4, -0.2) is 43.5 Å². The number of hydrazine groups is 1. The van der Waals surface area contributed by atoms with E-state index in [1.165, 1.54) is 4.80 Å². The first-order chi connectivity index (χ1) is 15.5. The van der Waals surface area contributed by atoms with E-state index in [1.807, 2.05) is 38.1 Å². The van der Waals surface area contributed by atoms with Gasteiger partial charge in [0.1, 0.15) is 5.52 Å². The van der Waals surface area contributed by atoms with E-state index in [0.29, 0.717) is 34.3 Å². The van der Waals surface area contributed by atoms with Gasteiger partial charge in [-0.3, -0.25) is 9.80 Å². The maximum Gasteiger partial charge on any atom is 0.270 e. The van der Waals surface area contributed by atoms with Crippen LogP contribution >= 0.6 is 11.6 Å². The zero-order chi connectivity index (χ0) is 22.2. The Morgan fingerprint density at radius 3 is 2.78 bits per heavy atom. The average Bonchev–Trinajstić information content (AvgIpc) is 3.41. The maximum atomic E-state index is 13.6. The Labute approximate surface area is 190 Å². The van der Waals surface area contributed by atoms with Crippen LogP contribution in [0.2, 0.25) is 5.02 Å². The molecule has 0 aliphatic carbocycles. The molecule has 0 spiro atoms. The zero-order valence-electron chi connectivity index (χ0n) is 17.8. The van der Waals surface area contributed by atoms with Gasteiger partial charge in [0.05, 0.1) is 29.6 Å². The number of carbonyl (C=O) groups excluding carboxylic acids is 1. The van der Waals surface area contributed by atoms with E-state index in [-0.39, 0.29) is 17.9 Å². The first kappa shape index (κ1) is 20.7. The molecule has 4 aromatic rings. The van der Waals surface area contributed by atoms with E-state index in [1.54, 1.807) is 29.5 Å². The number of benzene rings is 2. The number of halogens is 1. The van der Waals surface area contributed by atoms with Gasteiger partial charge in [-0.25, -0.2) is 10.4 Å². The van der Waals surface area contributed by atoms with Crippen LogP contribution in [0.5, 0.6) is 0 Å². The van der Waals surface area contributed by atoms with Crippen LogP contribution in [0.3, 0.4) is 0 Å². The summed E-state index contributed by atoms with van der Waals surface area (Å²) >= 11 is 6.08. The molecule has 8 nitrogen and oxygen atoms in total. The molecule has 164 valence electrons. The fraction of sp³-hybridized carbons (Fsp3) is 0.304. The third-order valence-corrected chi connectivity index (χ3v) is 6.07. The summed E-state index contributed by atoms with van der Waals surface area (Å²) in [7, 11) is 0. The molecule has 0 saturated carbocycles. The van der Waals surface area contributed by atoms with Crippen molar-refractivity contribution >= 4 is 28.6 Å². The van der Waals surface area contributed by atoms with Crippen molar-refractivity contribution in [2.75, 3.05) is 6.54 Å². The van der Waals surface area contributed by atoms with Crippen LogP contribution in [0.4, 0.5) is 0 Å². The molecular formula is C23H23ClN6O2. The van der Waals surface area contributed by atoms with E-state index in [9.17, 15) is 4.79 Å². The lowest BCUT2D eigenvalue weighted by Gasteiger charge is -2.28. The minimum Gasteiger partial charge on any atom is -0.440 e. The van der Waals surface area contributed by atoms with Gasteiger partial charge in [-0.05, 0) is 57.0 Å². The number of hydrogen-bond acceptors (Lipinski definition) is 6. The molecule has 1 aliphatic heterocycles. The van der Waals surface area contributed by atoms with Crippen molar-refractivity contribution < 1.29 is 9.21 Å². The Kier molecular flexibility index (Phi) is 5.40. The number of aryl methyl sites for hydroxylation is 1. The van der Waals surface area contributed by atoms with E-state index in [4.69, 9.17) is 16.0 Å². The van der Waals surface area contributed by atoms with Gasteiger partial charge < -0.3 is 4.42 Å². The van der Waals surface area contributed by atoms with Crippen LogP contribution < -0.4 is 5.43 Å². The molecule has 1 unspecified atom stereocenters. The Bertz CT molecular complexity index is 1270. The van der Waals surface area contributed by atoms with E-state index in [0.717, 1.165) is 23.9 Å². The highest BCUT2D eigenvalue weighted by Crippen LogP contribution is 2.29. The monoisotopic (exact) mass is 450 g/mol. The summed E-state index contributed by atoms with van der Waals surface area (Å²) in [4.78, 5) is 19.7. The van der Waals surface area contributed by atoms with Crippen LogP contribution in [-0.2, 0) is 0 Å². The zero-order valence-corrected chi connectivity index (χ0v) is 18.6. The topological polar surface area (TPSA) is 89.1 Å². The highest BCUT2D eigenvalue weighted by molar-refractivity contribution is 6.31. The van der Waals surface area contributed by atoms with Gasteiger partial charge in [-0.1, -0.05) is 23.2 Å². The number of carbonyl (C=O) groups is 1. The lowest BCUT2D eigenvalue weighted by Crippen LogP contribution is -2.48. The Morgan fingerprint density at radius 2 is 1.97 bits per heavy atom. The van der Waals surface area contributed by atoms with Crippen molar-refractivity contribution in [3.05, 3.63) is 70.8 Å². The molecule has 9 heteroatoms. The summed E-state index contributed by atoms with van der Waals surface area (Å²) in [5.74, 6) is 0.595. The highest BCUT2D eigenvalue weighted by atomic mass is 35.5. The van der Waals surface area contributed by atoms with Crippen molar-refractivity contribution in [3.63, 3.8) is 0 Å². The molecular weight excluding hydrogens is 428 g/mol. The van der Waals surface area contributed by atoms with Gasteiger partial charge in [0, 0.05) is 17.6 Å². The van der Waals surface area contributed by atoms with Crippen molar-refractivity contribution in [2.24, 2.45) is 0 Å². The predicted octanol–water partition coefficient (Wildman–Crippen LogP) is 4.28. The summed E-state index contributed by atoms with van der Waals surface area (Å²) < 4.78 is 5.98. The van der Waals surface area contributed by atoms with E-state index < -0.39 is 0 Å². The van der Waals surface area contributed by atoms with Crippen LogP contribution in [0.15, 0.2) is 53.2 Å². The third-order valence-electron chi connectivity index (χ3n) is 5.83. The van der Waals surface area contributed by atoms with Crippen LogP contribution in [0.1, 0.15) is 47.5 Å². The molecule has 1 saturated heterocycles. The summed E-state index contributed by atoms with van der Waals surface area (Å²) in [6.45, 7) is 4.55. The minimum atomic E-state index is -0.113. The SMILES string of the molecule is Cc1ccc(-n2nccn2)c(C(=O)N2NCC(c3nc4cc(Cl)ccc4o3)CC[C@H]2C)c1. The summed E-state index contributed by atoms with van der Waals surface area (Å²) in [6.07, 6.45) is 4.85. The molecule has 2 aromatic heterocycles. The molecule has 1 N–H and O–H groups in total. The second-order valence-electron chi connectivity index (χ2n) is 8.16. The van der Waals surface area contributed by atoms with Crippen LogP contribution in [0.25, 0.3) is 16.8 Å². The number of hydrogen-bond donors (Lipinski definition) is 1. The second-order valence-corrected chi connectivity index (χ2v) is 8.60. The lowest BCUT2D eigenvalue weighted by molar-refractivity contribution is 0.0579. The standard InChI is InChI=1S/C23H23ClN6O2/c1-14-3-7-20(30-25-9-10-26-30)18(11-14)23(31)29-15(2)4-5-16(13-27-29)22-28-19-12-17(24)6-8-21(19)32-22/h3,6-12,15-16,27H,4-5,13H2,1-2H3/t15-,16?/m1/s1. The summed E-state index contributed by atoms with van der Waals surface area (Å²) in [6, 6.07) is 11.1. The Morgan fingerprint density at radius 1 is 1.16 bits per heavy atom. The molecule has 3 heterocycles. The number of oxazole rings is 1. The number of nitrogens with zero attached hydrogens (tertiary/aromatic N) is 5. The normalized spacial score (nSPS) is 19.3. The summed E-state index contributed by atoms with van der Waals surface area (Å²) in [5.41, 5.74) is 6.99. The predicted molar refractivity (Wildman–Crippen MR) is 121 cm³/mol. The fourth-order valence-corrected chi connectivity index (χ4v) is 4.25.